The fourth-order valence-corrected chi connectivity index (χ4v) is 1.47. The summed E-state index contributed by atoms with van der Waals surface area (Å²) in [5.74, 6) is -0.263. The SMILES string of the molecule is C[C@@H](N)c1cc(Br)ccc1OC(F)(F)F.Cl. The smallest absolute Gasteiger partial charge is 0.405 e. The highest BCUT2D eigenvalue weighted by Crippen LogP contribution is 2.31. The van der Waals surface area contributed by atoms with Gasteiger partial charge < -0.3 is 10.5 Å². The van der Waals surface area contributed by atoms with Crippen molar-refractivity contribution in [1.29, 1.82) is 0 Å². The number of rotatable bonds is 2. The average molecular weight is 321 g/mol. The van der Waals surface area contributed by atoms with Gasteiger partial charge in [-0.3, -0.25) is 0 Å². The van der Waals surface area contributed by atoms with E-state index in [-0.39, 0.29) is 18.2 Å². The average Bonchev–Trinajstić information content (AvgIpc) is 2.05. The second kappa shape index (κ2) is 5.75. The third kappa shape index (κ3) is 4.59. The van der Waals surface area contributed by atoms with E-state index in [9.17, 15) is 13.2 Å². The molecule has 0 amide bonds. The second-order valence-electron chi connectivity index (χ2n) is 3.02. The van der Waals surface area contributed by atoms with Crippen LogP contribution < -0.4 is 10.5 Å². The lowest BCUT2D eigenvalue weighted by molar-refractivity contribution is -0.274. The maximum Gasteiger partial charge on any atom is 0.573 e. The fourth-order valence-electron chi connectivity index (χ4n) is 1.09. The molecule has 1 aromatic carbocycles. The number of alkyl halides is 3. The van der Waals surface area contributed by atoms with Crippen molar-refractivity contribution in [2.75, 3.05) is 0 Å². The first-order valence-corrected chi connectivity index (χ1v) is 4.89. The number of hydrogen-bond donors (Lipinski definition) is 1. The van der Waals surface area contributed by atoms with Crippen LogP contribution in [0.15, 0.2) is 22.7 Å². The third-order valence-electron chi connectivity index (χ3n) is 1.69. The van der Waals surface area contributed by atoms with Crippen molar-refractivity contribution < 1.29 is 17.9 Å². The van der Waals surface area contributed by atoms with E-state index < -0.39 is 12.4 Å². The van der Waals surface area contributed by atoms with E-state index in [2.05, 4.69) is 20.7 Å². The molecule has 0 aliphatic carbocycles. The zero-order chi connectivity index (χ0) is 11.6. The molecule has 92 valence electrons. The maximum absolute atomic E-state index is 12.0. The van der Waals surface area contributed by atoms with E-state index in [1.54, 1.807) is 6.92 Å². The second-order valence-corrected chi connectivity index (χ2v) is 3.93. The summed E-state index contributed by atoms with van der Waals surface area (Å²) >= 11 is 3.15. The molecule has 7 heteroatoms. The van der Waals surface area contributed by atoms with Crippen LogP contribution in [0.4, 0.5) is 13.2 Å². The summed E-state index contributed by atoms with van der Waals surface area (Å²) < 4.78 is 40.5. The Morgan fingerprint density at radius 1 is 1.38 bits per heavy atom. The van der Waals surface area contributed by atoms with E-state index in [1.807, 2.05) is 0 Å². The third-order valence-corrected chi connectivity index (χ3v) is 2.18. The van der Waals surface area contributed by atoms with Gasteiger partial charge in [0.25, 0.3) is 0 Å². The van der Waals surface area contributed by atoms with Crippen molar-refractivity contribution in [2.24, 2.45) is 5.73 Å². The van der Waals surface area contributed by atoms with Gasteiger partial charge >= 0.3 is 6.36 Å². The number of benzene rings is 1. The van der Waals surface area contributed by atoms with Gasteiger partial charge in [-0.2, -0.15) is 0 Å². The van der Waals surface area contributed by atoms with Gasteiger partial charge in [0.05, 0.1) is 0 Å². The molecule has 0 spiro atoms. The Hall–Kier alpha value is -0.460. The molecule has 0 saturated heterocycles. The predicted octanol–water partition coefficient (Wildman–Crippen LogP) is 3.79. The van der Waals surface area contributed by atoms with Crippen LogP contribution in [0.1, 0.15) is 18.5 Å². The first-order valence-electron chi connectivity index (χ1n) is 4.10. The Labute approximate surface area is 105 Å². The normalized spacial score (nSPS) is 12.9. The van der Waals surface area contributed by atoms with E-state index in [1.165, 1.54) is 18.2 Å². The van der Waals surface area contributed by atoms with Crippen LogP contribution in [0, 0.1) is 0 Å². The quantitative estimate of drug-likeness (QED) is 0.900. The Balaban J connectivity index is 0.00000225. The predicted molar refractivity (Wildman–Crippen MR) is 60.7 cm³/mol. The van der Waals surface area contributed by atoms with Crippen molar-refractivity contribution in [3.8, 4) is 5.75 Å². The Morgan fingerprint density at radius 2 is 1.94 bits per heavy atom. The number of ether oxygens (including phenoxy) is 1. The molecule has 0 aliphatic rings. The highest BCUT2D eigenvalue weighted by atomic mass is 79.9. The topological polar surface area (TPSA) is 35.2 Å². The van der Waals surface area contributed by atoms with Crippen LogP contribution in [0.2, 0.25) is 0 Å². The zero-order valence-electron chi connectivity index (χ0n) is 8.22. The van der Waals surface area contributed by atoms with Gasteiger partial charge in [-0.05, 0) is 25.1 Å². The summed E-state index contributed by atoms with van der Waals surface area (Å²) in [5.41, 5.74) is 5.84. The summed E-state index contributed by atoms with van der Waals surface area (Å²) in [6.07, 6.45) is -4.70. The van der Waals surface area contributed by atoms with Gasteiger partial charge in [0.2, 0.25) is 0 Å². The first-order chi connectivity index (χ1) is 6.79. The molecule has 1 atom stereocenters. The van der Waals surface area contributed by atoms with Crippen molar-refractivity contribution >= 4 is 28.3 Å². The molecule has 0 aromatic heterocycles. The first kappa shape index (κ1) is 15.5. The van der Waals surface area contributed by atoms with E-state index in [0.29, 0.717) is 10.0 Å². The maximum atomic E-state index is 12.0. The lowest BCUT2D eigenvalue weighted by atomic mass is 10.1. The van der Waals surface area contributed by atoms with Crippen molar-refractivity contribution in [2.45, 2.75) is 19.3 Å². The minimum atomic E-state index is -4.70. The van der Waals surface area contributed by atoms with Crippen LogP contribution in [0.5, 0.6) is 5.75 Å². The van der Waals surface area contributed by atoms with Gasteiger partial charge in [-0.1, -0.05) is 15.9 Å². The summed E-state index contributed by atoms with van der Waals surface area (Å²) in [6, 6.07) is 3.68. The summed E-state index contributed by atoms with van der Waals surface area (Å²) in [5, 5.41) is 0. The van der Waals surface area contributed by atoms with Crippen LogP contribution in [0.3, 0.4) is 0 Å². The molecule has 0 radical (unpaired) electrons. The summed E-state index contributed by atoms with van der Waals surface area (Å²) in [6.45, 7) is 1.59. The monoisotopic (exact) mass is 319 g/mol. The van der Waals surface area contributed by atoms with Crippen molar-refractivity contribution in [3.63, 3.8) is 0 Å². The highest BCUT2D eigenvalue weighted by molar-refractivity contribution is 9.10. The molecule has 1 aromatic rings. The van der Waals surface area contributed by atoms with Gasteiger partial charge in [-0.25, -0.2) is 0 Å². The number of nitrogens with two attached hydrogens (primary N) is 1. The van der Waals surface area contributed by atoms with Crippen LogP contribution >= 0.6 is 28.3 Å². The molecule has 0 aliphatic heterocycles. The molecule has 1 rings (SSSR count). The zero-order valence-corrected chi connectivity index (χ0v) is 10.6. The number of halogens is 5. The highest BCUT2D eigenvalue weighted by Gasteiger charge is 2.32. The number of hydrogen-bond acceptors (Lipinski definition) is 2. The summed E-state index contributed by atoms with van der Waals surface area (Å²) in [4.78, 5) is 0. The van der Waals surface area contributed by atoms with Gasteiger partial charge in [0.15, 0.2) is 0 Å². The van der Waals surface area contributed by atoms with Crippen LogP contribution in [-0.2, 0) is 0 Å². The fraction of sp³-hybridized carbons (Fsp3) is 0.333. The lowest BCUT2D eigenvalue weighted by Gasteiger charge is -2.15. The molecule has 0 unspecified atom stereocenters. The standard InChI is InChI=1S/C9H9BrF3NO.ClH/c1-5(14)7-4-6(10)2-3-8(7)15-9(11,12)13;/h2-5H,14H2,1H3;1H/t5-;/m1./s1. The molecular formula is C9H10BrClF3NO. The van der Waals surface area contributed by atoms with E-state index in [4.69, 9.17) is 5.73 Å². The van der Waals surface area contributed by atoms with Crippen molar-refractivity contribution in [1.82, 2.24) is 0 Å². The molecule has 0 fully saturated rings. The largest absolute Gasteiger partial charge is 0.573 e. The van der Waals surface area contributed by atoms with Crippen LogP contribution in [0.25, 0.3) is 0 Å². The van der Waals surface area contributed by atoms with E-state index >= 15 is 0 Å². The molecule has 2 nitrogen and oxygen atoms in total. The van der Waals surface area contributed by atoms with Gasteiger partial charge in [0.1, 0.15) is 5.75 Å². The molecule has 0 bridgehead atoms. The van der Waals surface area contributed by atoms with Gasteiger partial charge in [-0.15, -0.1) is 25.6 Å². The molecule has 0 heterocycles. The Bertz CT molecular complexity index is 357. The molecular weight excluding hydrogens is 310 g/mol. The molecule has 0 saturated carbocycles. The summed E-state index contributed by atoms with van der Waals surface area (Å²) in [7, 11) is 0. The lowest BCUT2D eigenvalue weighted by Crippen LogP contribution is -2.19. The minimum Gasteiger partial charge on any atom is -0.405 e. The molecule has 2 N–H and O–H groups in total. The Kier molecular flexibility index (Phi) is 5.58. The Morgan fingerprint density at radius 3 is 2.38 bits per heavy atom. The molecule has 16 heavy (non-hydrogen) atoms. The van der Waals surface area contributed by atoms with Gasteiger partial charge in [0, 0.05) is 16.1 Å². The van der Waals surface area contributed by atoms with Crippen molar-refractivity contribution in [3.05, 3.63) is 28.2 Å². The van der Waals surface area contributed by atoms with E-state index in [0.717, 1.165) is 0 Å². The van der Waals surface area contributed by atoms with Crippen LogP contribution in [-0.4, -0.2) is 6.36 Å². The minimum absolute atomic E-state index is 0.